The Morgan fingerprint density at radius 1 is 1.09 bits per heavy atom. The SMILES string of the molecule is CCNCc1c(CC)n(C)c2nc(-n3ccc(OCc4ccc(Cl)cc4)cc3=O)ccc12. The van der Waals surface area contributed by atoms with Crippen LogP contribution in [-0.2, 0) is 26.6 Å². The van der Waals surface area contributed by atoms with Gasteiger partial charge in [-0.2, -0.15) is 0 Å². The van der Waals surface area contributed by atoms with Crippen molar-refractivity contribution < 1.29 is 4.74 Å². The van der Waals surface area contributed by atoms with Crippen molar-refractivity contribution >= 4 is 22.6 Å². The van der Waals surface area contributed by atoms with Crippen LogP contribution in [0.4, 0.5) is 0 Å². The van der Waals surface area contributed by atoms with Gasteiger partial charge in [0.25, 0.3) is 5.56 Å². The fourth-order valence-electron chi connectivity index (χ4n) is 3.93. The summed E-state index contributed by atoms with van der Waals surface area (Å²) in [4.78, 5) is 17.6. The summed E-state index contributed by atoms with van der Waals surface area (Å²) >= 11 is 5.92. The van der Waals surface area contributed by atoms with Gasteiger partial charge >= 0.3 is 0 Å². The van der Waals surface area contributed by atoms with Crippen molar-refractivity contribution in [2.24, 2.45) is 7.05 Å². The zero-order valence-electron chi connectivity index (χ0n) is 18.6. The number of fused-ring (bicyclic) bond motifs is 1. The molecule has 0 saturated heterocycles. The second kappa shape index (κ2) is 9.59. The lowest BCUT2D eigenvalue weighted by Crippen LogP contribution is -2.18. The molecule has 3 aromatic heterocycles. The Kier molecular flexibility index (Phi) is 6.63. The molecule has 0 bridgehead atoms. The number of hydrogen-bond acceptors (Lipinski definition) is 4. The maximum absolute atomic E-state index is 12.8. The Labute approximate surface area is 192 Å². The van der Waals surface area contributed by atoms with Gasteiger partial charge in [0.15, 0.2) is 0 Å². The third-order valence-corrected chi connectivity index (χ3v) is 5.85. The summed E-state index contributed by atoms with van der Waals surface area (Å²) in [5, 5.41) is 5.21. The molecule has 1 N–H and O–H groups in total. The lowest BCUT2D eigenvalue weighted by Gasteiger charge is -2.09. The van der Waals surface area contributed by atoms with E-state index < -0.39 is 0 Å². The average molecular weight is 451 g/mol. The molecule has 166 valence electrons. The molecule has 6 nitrogen and oxygen atoms in total. The molecule has 4 aromatic rings. The predicted molar refractivity (Wildman–Crippen MR) is 129 cm³/mol. The average Bonchev–Trinajstić information content (AvgIpc) is 3.07. The molecule has 4 rings (SSSR count). The number of benzene rings is 1. The Hall–Kier alpha value is -3.09. The third kappa shape index (κ3) is 4.42. The zero-order chi connectivity index (χ0) is 22.7. The second-order valence-corrected chi connectivity index (χ2v) is 8.08. The van der Waals surface area contributed by atoms with Gasteiger partial charge in [-0.05, 0) is 54.4 Å². The Balaban J connectivity index is 1.61. The number of aryl methyl sites for hydroxylation is 1. The summed E-state index contributed by atoms with van der Waals surface area (Å²) in [5.41, 5.74) is 4.19. The Morgan fingerprint density at radius 3 is 2.56 bits per heavy atom. The molecule has 0 amide bonds. The molecule has 0 spiro atoms. The van der Waals surface area contributed by atoms with Crippen LogP contribution in [0.1, 0.15) is 30.7 Å². The first-order valence-corrected chi connectivity index (χ1v) is 11.2. The normalized spacial score (nSPS) is 11.2. The maximum Gasteiger partial charge on any atom is 0.259 e. The number of rotatable bonds is 8. The van der Waals surface area contributed by atoms with Crippen LogP contribution in [0.25, 0.3) is 16.9 Å². The van der Waals surface area contributed by atoms with Gasteiger partial charge in [-0.1, -0.05) is 37.6 Å². The van der Waals surface area contributed by atoms with Crippen LogP contribution in [0, 0.1) is 0 Å². The predicted octanol–water partition coefficient (Wildman–Crippen LogP) is 4.63. The molecule has 0 aliphatic heterocycles. The van der Waals surface area contributed by atoms with Gasteiger partial charge in [0.2, 0.25) is 0 Å². The van der Waals surface area contributed by atoms with Gasteiger partial charge in [-0.25, -0.2) is 4.98 Å². The summed E-state index contributed by atoms with van der Waals surface area (Å²) in [7, 11) is 2.03. The van der Waals surface area contributed by atoms with Crippen molar-refractivity contribution in [2.75, 3.05) is 6.54 Å². The summed E-state index contributed by atoms with van der Waals surface area (Å²) < 4.78 is 9.44. The van der Waals surface area contributed by atoms with Crippen molar-refractivity contribution in [3.8, 4) is 11.6 Å². The molecule has 0 atom stereocenters. The summed E-state index contributed by atoms with van der Waals surface area (Å²) in [5.74, 6) is 1.10. The number of aromatic nitrogens is 3. The van der Waals surface area contributed by atoms with Crippen LogP contribution in [0.15, 0.2) is 59.5 Å². The van der Waals surface area contributed by atoms with Gasteiger partial charge in [0.05, 0.1) is 0 Å². The number of halogens is 1. The molecular formula is C25H27ClN4O2. The lowest BCUT2D eigenvalue weighted by molar-refractivity contribution is 0.305. The minimum Gasteiger partial charge on any atom is -0.489 e. The number of ether oxygens (including phenoxy) is 1. The van der Waals surface area contributed by atoms with E-state index in [9.17, 15) is 4.79 Å². The highest BCUT2D eigenvalue weighted by Gasteiger charge is 2.16. The van der Waals surface area contributed by atoms with Crippen LogP contribution in [0.2, 0.25) is 5.02 Å². The topological polar surface area (TPSA) is 61.1 Å². The van der Waals surface area contributed by atoms with E-state index in [4.69, 9.17) is 21.3 Å². The third-order valence-electron chi connectivity index (χ3n) is 5.60. The van der Waals surface area contributed by atoms with Crippen molar-refractivity contribution in [1.29, 1.82) is 0 Å². The first-order chi connectivity index (χ1) is 15.5. The van der Waals surface area contributed by atoms with E-state index in [1.54, 1.807) is 12.3 Å². The van der Waals surface area contributed by atoms with Crippen molar-refractivity contribution in [2.45, 2.75) is 33.4 Å². The van der Waals surface area contributed by atoms with E-state index in [-0.39, 0.29) is 5.56 Å². The molecule has 1 aromatic carbocycles. The quantitative estimate of drug-likeness (QED) is 0.425. The zero-order valence-corrected chi connectivity index (χ0v) is 19.3. The largest absolute Gasteiger partial charge is 0.489 e. The highest BCUT2D eigenvalue weighted by atomic mass is 35.5. The van der Waals surface area contributed by atoms with Crippen LogP contribution < -0.4 is 15.6 Å². The summed E-state index contributed by atoms with van der Waals surface area (Å²) in [6.45, 7) is 6.33. The van der Waals surface area contributed by atoms with Crippen molar-refractivity contribution in [1.82, 2.24) is 19.4 Å². The molecule has 0 fully saturated rings. The first-order valence-electron chi connectivity index (χ1n) is 10.8. The molecule has 32 heavy (non-hydrogen) atoms. The number of nitrogens with zero attached hydrogens (tertiary/aromatic N) is 3. The molecule has 0 aliphatic rings. The van der Waals surface area contributed by atoms with E-state index in [0.717, 1.165) is 36.1 Å². The van der Waals surface area contributed by atoms with Gasteiger partial charge in [0, 0.05) is 42.0 Å². The van der Waals surface area contributed by atoms with Gasteiger partial charge in [0.1, 0.15) is 23.8 Å². The molecule has 7 heteroatoms. The van der Waals surface area contributed by atoms with Gasteiger partial charge in [-0.15, -0.1) is 0 Å². The molecular weight excluding hydrogens is 424 g/mol. The van der Waals surface area contributed by atoms with Crippen LogP contribution in [0.5, 0.6) is 5.75 Å². The van der Waals surface area contributed by atoms with Crippen LogP contribution in [0.3, 0.4) is 0 Å². The van der Waals surface area contributed by atoms with E-state index in [0.29, 0.717) is 23.2 Å². The molecule has 0 radical (unpaired) electrons. The molecule has 3 heterocycles. The Morgan fingerprint density at radius 2 is 1.88 bits per heavy atom. The Bertz CT molecular complexity index is 1290. The van der Waals surface area contributed by atoms with Crippen molar-refractivity contribution in [3.05, 3.63) is 86.9 Å². The van der Waals surface area contributed by atoms with E-state index in [2.05, 4.69) is 29.8 Å². The van der Waals surface area contributed by atoms with Gasteiger partial charge < -0.3 is 14.6 Å². The van der Waals surface area contributed by atoms with E-state index >= 15 is 0 Å². The van der Waals surface area contributed by atoms with E-state index in [1.165, 1.54) is 21.9 Å². The minimum atomic E-state index is -0.191. The fourth-order valence-corrected chi connectivity index (χ4v) is 4.06. The lowest BCUT2D eigenvalue weighted by atomic mass is 10.1. The molecule has 0 aliphatic carbocycles. The second-order valence-electron chi connectivity index (χ2n) is 7.64. The van der Waals surface area contributed by atoms with Crippen LogP contribution in [-0.4, -0.2) is 20.7 Å². The first kappa shape index (κ1) is 22.1. The number of hydrogen-bond donors (Lipinski definition) is 1. The molecule has 0 unspecified atom stereocenters. The summed E-state index contributed by atoms with van der Waals surface area (Å²) in [6.07, 6.45) is 2.62. The highest BCUT2D eigenvalue weighted by molar-refractivity contribution is 6.30. The fraction of sp³-hybridized carbons (Fsp3) is 0.280. The van der Waals surface area contributed by atoms with Crippen LogP contribution >= 0.6 is 11.6 Å². The van der Waals surface area contributed by atoms with E-state index in [1.807, 2.05) is 37.4 Å². The highest BCUT2D eigenvalue weighted by Crippen LogP contribution is 2.26. The summed E-state index contributed by atoms with van der Waals surface area (Å²) in [6, 6.07) is 14.7. The standard InChI is InChI=1S/C25H27ClN4O2/c1-4-22-21(15-27-5-2)20-10-11-23(28-25(20)29(22)3)30-13-12-19(14-24(30)31)32-16-17-6-8-18(26)9-7-17/h6-14,27H,4-5,15-16H2,1-3H3. The van der Waals surface area contributed by atoms with Crippen molar-refractivity contribution in [3.63, 3.8) is 0 Å². The molecule has 0 saturated carbocycles. The van der Waals surface area contributed by atoms with Gasteiger partial charge in [-0.3, -0.25) is 9.36 Å². The smallest absolute Gasteiger partial charge is 0.259 e. The maximum atomic E-state index is 12.8. The number of nitrogens with one attached hydrogen (secondary N) is 1. The minimum absolute atomic E-state index is 0.191. The number of pyridine rings is 2. The monoisotopic (exact) mass is 450 g/mol.